The quantitative estimate of drug-likeness (QED) is 0.240. The zero-order valence-corrected chi connectivity index (χ0v) is 26.7. The fourth-order valence-corrected chi connectivity index (χ4v) is 7.09. The second-order valence-electron chi connectivity index (χ2n) is 10.6. The first-order valence-electron chi connectivity index (χ1n) is 14.8. The molecule has 1 unspecified atom stereocenters. The van der Waals surface area contributed by atoms with Gasteiger partial charge in [0.2, 0.25) is 11.8 Å². The summed E-state index contributed by atoms with van der Waals surface area (Å²) < 4.78 is 35.3. The van der Waals surface area contributed by atoms with Gasteiger partial charge in [-0.15, -0.1) is 11.8 Å². The molecule has 1 aliphatic rings. The second kappa shape index (κ2) is 15.3. The molecule has 1 N–H and O–H groups in total. The Labute approximate surface area is 259 Å². The van der Waals surface area contributed by atoms with Gasteiger partial charge in [0, 0.05) is 17.5 Å². The van der Waals surface area contributed by atoms with Crippen molar-refractivity contribution in [3.8, 4) is 5.75 Å². The van der Waals surface area contributed by atoms with Gasteiger partial charge in [-0.2, -0.15) is 0 Å². The molecule has 8 nitrogen and oxygen atoms in total. The van der Waals surface area contributed by atoms with E-state index in [1.54, 1.807) is 55.5 Å². The topological polar surface area (TPSA) is 96.0 Å². The van der Waals surface area contributed by atoms with Crippen molar-refractivity contribution < 1.29 is 22.7 Å². The summed E-state index contributed by atoms with van der Waals surface area (Å²) in [5.41, 5.74) is 1.09. The van der Waals surface area contributed by atoms with E-state index >= 15 is 0 Å². The molecule has 0 spiro atoms. The lowest BCUT2D eigenvalue weighted by molar-refractivity contribution is -0.139. The molecule has 1 saturated carbocycles. The van der Waals surface area contributed by atoms with Crippen LogP contribution in [-0.2, 0) is 26.2 Å². The Morgan fingerprint density at radius 2 is 1.60 bits per heavy atom. The van der Waals surface area contributed by atoms with E-state index in [4.69, 9.17) is 4.74 Å². The van der Waals surface area contributed by atoms with Crippen LogP contribution in [0.2, 0.25) is 0 Å². The smallest absolute Gasteiger partial charge is 0.264 e. The van der Waals surface area contributed by atoms with E-state index in [0.29, 0.717) is 12.4 Å². The van der Waals surface area contributed by atoms with Crippen LogP contribution in [-0.4, -0.2) is 56.6 Å². The van der Waals surface area contributed by atoms with Crippen molar-refractivity contribution in [2.45, 2.75) is 74.4 Å². The summed E-state index contributed by atoms with van der Waals surface area (Å²) in [5.74, 6) is -0.390. The number of hydrogen-bond donors (Lipinski definition) is 1. The molecule has 1 fully saturated rings. The summed E-state index contributed by atoms with van der Waals surface area (Å²) in [5, 5.41) is 3.13. The molecule has 1 atom stereocenters. The van der Waals surface area contributed by atoms with Gasteiger partial charge in [0.25, 0.3) is 10.0 Å². The molecule has 4 rings (SSSR count). The molecule has 0 saturated heterocycles. The first-order valence-corrected chi connectivity index (χ1v) is 17.4. The highest BCUT2D eigenvalue weighted by Crippen LogP contribution is 2.33. The number of nitrogens with one attached hydrogen (secondary N) is 1. The lowest BCUT2D eigenvalue weighted by Gasteiger charge is -2.33. The normalized spacial score (nSPS) is 14.5. The fraction of sp³-hybridized carbons (Fsp3) is 0.394. The highest BCUT2D eigenvalue weighted by atomic mass is 32.2. The van der Waals surface area contributed by atoms with Crippen LogP contribution in [0, 0.1) is 0 Å². The van der Waals surface area contributed by atoms with Gasteiger partial charge in [0.05, 0.1) is 17.2 Å². The van der Waals surface area contributed by atoms with E-state index in [2.05, 4.69) is 5.32 Å². The molecule has 1 aliphatic carbocycles. The summed E-state index contributed by atoms with van der Waals surface area (Å²) in [6.07, 6.45) is 7.04. The van der Waals surface area contributed by atoms with Crippen molar-refractivity contribution >= 4 is 39.3 Å². The number of anilines is 1. The maximum atomic E-state index is 14.2. The number of benzene rings is 3. The van der Waals surface area contributed by atoms with Crippen molar-refractivity contribution in [2.75, 3.05) is 23.7 Å². The minimum absolute atomic E-state index is 0.0575. The van der Waals surface area contributed by atoms with E-state index in [-0.39, 0.29) is 29.1 Å². The maximum absolute atomic E-state index is 14.2. The monoisotopic (exact) mass is 623 g/mol. The summed E-state index contributed by atoms with van der Waals surface area (Å²) in [6, 6.07) is 22.0. The molecule has 0 bridgehead atoms. The third-order valence-electron chi connectivity index (χ3n) is 7.67. The Hall–Kier alpha value is -3.50. The summed E-state index contributed by atoms with van der Waals surface area (Å²) in [4.78, 5) is 30.1. The number of rotatable bonds is 13. The zero-order chi connectivity index (χ0) is 30.8. The standard InChI is InChI=1S/C33H41N3O5S2/c1-4-41-31-18-12-11-17-30(31)36(43(39,40)29-21-19-28(42-3)20-22-29)24-32(37)35(23-26-13-7-5-8-14-26)25(2)33(38)34-27-15-9-6-10-16-27/h5,7-8,11-14,17-22,25,27H,4,6,9-10,15-16,23-24H2,1-3H3,(H,34,38). The van der Waals surface area contributed by atoms with E-state index < -0.39 is 28.5 Å². The average Bonchev–Trinajstić information content (AvgIpc) is 3.03. The van der Waals surface area contributed by atoms with Gasteiger partial charge in [-0.25, -0.2) is 8.42 Å². The van der Waals surface area contributed by atoms with Crippen LogP contribution < -0.4 is 14.4 Å². The van der Waals surface area contributed by atoms with Gasteiger partial charge in [0.1, 0.15) is 18.3 Å². The van der Waals surface area contributed by atoms with Gasteiger partial charge in [0.15, 0.2) is 0 Å². The van der Waals surface area contributed by atoms with Crippen molar-refractivity contribution in [3.63, 3.8) is 0 Å². The number of para-hydroxylation sites is 2. The van der Waals surface area contributed by atoms with Crippen LogP contribution in [0.5, 0.6) is 5.75 Å². The average molecular weight is 624 g/mol. The van der Waals surface area contributed by atoms with Crippen LogP contribution in [0.15, 0.2) is 88.7 Å². The number of amides is 2. The van der Waals surface area contributed by atoms with Crippen LogP contribution in [0.3, 0.4) is 0 Å². The molecule has 2 amide bonds. The largest absolute Gasteiger partial charge is 0.492 e. The Balaban J connectivity index is 1.70. The molecule has 10 heteroatoms. The minimum Gasteiger partial charge on any atom is -0.492 e. The number of ether oxygens (including phenoxy) is 1. The minimum atomic E-state index is -4.19. The van der Waals surface area contributed by atoms with Gasteiger partial charge in [-0.3, -0.25) is 13.9 Å². The third kappa shape index (κ3) is 8.32. The Morgan fingerprint density at radius 3 is 2.26 bits per heavy atom. The number of hydrogen-bond acceptors (Lipinski definition) is 6. The predicted molar refractivity (Wildman–Crippen MR) is 172 cm³/mol. The van der Waals surface area contributed by atoms with Gasteiger partial charge >= 0.3 is 0 Å². The van der Waals surface area contributed by atoms with Crippen LogP contribution in [0.1, 0.15) is 51.5 Å². The first kappa shape index (κ1) is 32.4. The number of carbonyl (C=O) groups is 2. The lowest BCUT2D eigenvalue weighted by Crippen LogP contribution is -2.53. The molecule has 0 heterocycles. The molecular weight excluding hydrogens is 583 g/mol. The Bertz CT molecular complexity index is 1460. The van der Waals surface area contributed by atoms with Crippen LogP contribution >= 0.6 is 11.8 Å². The van der Waals surface area contributed by atoms with E-state index in [1.807, 2.05) is 43.5 Å². The van der Waals surface area contributed by atoms with E-state index in [1.165, 1.54) is 16.7 Å². The van der Waals surface area contributed by atoms with Crippen LogP contribution in [0.4, 0.5) is 5.69 Å². The second-order valence-corrected chi connectivity index (χ2v) is 13.4. The van der Waals surface area contributed by atoms with Crippen molar-refractivity contribution in [1.82, 2.24) is 10.2 Å². The van der Waals surface area contributed by atoms with Crippen molar-refractivity contribution in [3.05, 3.63) is 84.4 Å². The summed E-state index contributed by atoms with van der Waals surface area (Å²) in [7, 11) is -4.19. The molecule has 3 aromatic carbocycles. The number of nitrogens with zero attached hydrogens (tertiary/aromatic N) is 2. The number of sulfonamides is 1. The molecule has 0 aromatic heterocycles. The lowest BCUT2D eigenvalue weighted by atomic mass is 9.95. The van der Waals surface area contributed by atoms with Crippen molar-refractivity contribution in [1.29, 1.82) is 0 Å². The Kier molecular flexibility index (Phi) is 11.5. The van der Waals surface area contributed by atoms with Crippen LogP contribution in [0.25, 0.3) is 0 Å². The number of thioether (sulfide) groups is 1. The van der Waals surface area contributed by atoms with Gasteiger partial charge < -0.3 is 15.0 Å². The predicted octanol–water partition coefficient (Wildman–Crippen LogP) is 5.87. The first-order chi connectivity index (χ1) is 20.7. The van der Waals surface area contributed by atoms with Gasteiger partial charge in [-0.05, 0) is 74.9 Å². The fourth-order valence-electron chi connectivity index (χ4n) is 5.26. The molecule has 0 radical (unpaired) electrons. The van der Waals surface area contributed by atoms with Crippen molar-refractivity contribution in [2.24, 2.45) is 0 Å². The molecular formula is C33H41N3O5S2. The third-order valence-corrected chi connectivity index (χ3v) is 10.2. The Morgan fingerprint density at radius 1 is 0.953 bits per heavy atom. The number of carbonyl (C=O) groups excluding carboxylic acids is 2. The van der Waals surface area contributed by atoms with E-state index in [0.717, 1.165) is 46.9 Å². The van der Waals surface area contributed by atoms with E-state index in [9.17, 15) is 18.0 Å². The SMILES string of the molecule is CCOc1ccccc1N(CC(=O)N(Cc1ccccc1)C(C)C(=O)NC1CCCCC1)S(=O)(=O)c1ccc(SC)cc1. The summed E-state index contributed by atoms with van der Waals surface area (Å²) >= 11 is 1.51. The highest BCUT2D eigenvalue weighted by Gasteiger charge is 2.34. The molecule has 3 aromatic rings. The summed E-state index contributed by atoms with van der Waals surface area (Å²) in [6.45, 7) is 3.48. The zero-order valence-electron chi connectivity index (χ0n) is 25.1. The molecule has 230 valence electrons. The van der Waals surface area contributed by atoms with Gasteiger partial charge in [-0.1, -0.05) is 61.7 Å². The maximum Gasteiger partial charge on any atom is 0.264 e. The molecule has 43 heavy (non-hydrogen) atoms. The molecule has 0 aliphatic heterocycles. The highest BCUT2D eigenvalue weighted by molar-refractivity contribution is 7.98.